The molecule has 0 bridgehead atoms. The minimum atomic E-state index is -1.49. The lowest BCUT2D eigenvalue weighted by Crippen LogP contribution is -2.53. The SMILES string of the molecule is CC[C@H]1OC(OC(C)=O)C(F)[C@@H](OCc2ccccc2)[C@@H]1C. The van der Waals surface area contributed by atoms with E-state index in [1.54, 1.807) is 0 Å². The molecule has 1 aromatic rings. The first-order valence-corrected chi connectivity index (χ1v) is 7.65. The van der Waals surface area contributed by atoms with Gasteiger partial charge in [0.15, 0.2) is 6.17 Å². The molecule has 0 spiro atoms. The van der Waals surface area contributed by atoms with Crippen molar-refractivity contribution < 1.29 is 23.4 Å². The first-order valence-electron chi connectivity index (χ1n) is 7.65. The van der Waals surface area contributed by atoms with Gasteiger partial charge in [-0.2, -0.15) is 0 Å². The van der Waals surface area contributed by atoms with Crippen molar-refractivity contribution in [3.63, 3.8) is 0 Å². The van der Waals surface area contributed by atoms with E-state index < -0.39 is 24.5 Å². The fraction of sp³-hybridized carbons (Fsp3) is 0.588. The number of carbonyl (C=O) groups excluding carboxylic acids is 1. The number of carbonyl (C=O) groups is 1. The van der Waals surface area contributed by atoms with Crippen LogP contribution in [0.5, 0.6) is 0 Å². The van der Waals surface area contributed by atoms with Gasteiger partial charge in [0.2, 0.25) is 6.29 Å². The van der Waals surface area contributed by atoms with Crippen molar-refractivity contribution in [1.29, 1.82) is 0 Å². The normalized spacial score (nSPS) is 31.7. The van der Waals surface area contributed by atoms with Crippen molar-refractivity contribution in [1.82, 2.24) is 0 Å². The number of alkyl halides is 1. The van der Waals surface area contributed by atoms with Crippen LogP contribution >= 0.6 is 0 Å². The summed E-state index contributed by atoms with van der Waals surface area (Å²) in [5.41, 5.74) is 0.977. The Balaban J connectivity index is 2.06. The van der Waals surface area contributed by atoms with Crippen molar-refractivity contribution in [2.24, 2.45) is 5.92 Å². The predicted octanol–water partition coefficient (Wildman–Crippen LogP) is 3.24. The molecule has 1 aliphatic rings. The maximum atomic E-state index is 14.6. The summed E-state index contributed by atoms with van der Waals surface area (Å²) in [6.07, 6.45) is -2.85. The molecule has 0 aromatic heterocycles. The fourth-order valence-corrected chi connectivity index (χ4v) is 2.76. The van der Waals surface area contributed by atoms with Gasteiger partial charge >= 0.3 is 5.97 Å². The second-order valence-electron chi connectivity index (χ2n) is 5.63. The van der Waals surface area contributed by atoms with Gasteiger partial charge in [-0.3, -0.25) is 4.79 Å². The number of rotatable bonds is 5. The van der Waals surface area contributed by atoms with E-state index in [0.29, 0.717) is 13.0 Å². The third-order valence-electron chi connectivity index (χ3n) is 3.96. The lowest BCUT2D eigenvalue weighted by atomic mass is 9.89. The van der Waals surface area contributed by atoms with Crippen LogP contribution < -0.4 is 0 Å². The van der Waals surface area contributed by atoms with E-state index in [1.807, 2.05) is 44.2 Å². The Morgan fingerprint density at radius 2 is 2.00 bits per heavy atom. The van der Waals surface area contributed by atoms with Gasteiger partial charge < -0.3 is 14.2 Å². The number of esters is 1. The van der Waals surface area contributed by atoms with E-state index in [9.17, 15) is 9.18 Å². The Hall–Kier alpha value is -1.46. The van der Waals surface area contributed by atoms with Gasteiger partial charge in [0.25, 0.3) is 0 Å². The molecule has 1 heterocycles. The van der Waals surface area contributed by atoms with Gasteiger partial charge in [-0.15, -0.1) is 0 Å². The first kappa shape index (κ1) is 16.9. The zero-order valence-corrected chi connectivity index (χ0v) is 13.2. The van der Waals surface area contributed by atoms with Crippen LogP contribution in [0.4, 0.5) is 4.39 Å². The molecular formula is C17H23FO4. The minimum absolute atomic E-state index is 0.115. The van der Waals surface area contributed by atoms with Crippen LogP contribution in [0, 0.1) is 5.92 Å². The highest BCUT2D eigenvalue weighted by atomic mass is 19.1. The minimum Gasteiger partial charge on any atom is -0.433 e. The largest absolute Gasteiger partial charge is 0.433 e. The standard InChI is InChI=1S/C17H23FO4/c1-4-14-11(2)16(15(18)17(22-14)21-12(3)19)20-10-13-8-6-5-7-9-13/h5-9,11,14-17H,4,10H2,1-3H3/t11-,14-,15?,16+,17?/m1/s1. The molecule has 5 heteroatoms. The van der Waals surface area contributed by atoms with Crippen molar-refractivity contribution in [3.8, 4) is 0 Å². The van der Waals surface area contributed by atoms with Crippen LogP contribution in [0.15, 0.2) is 30.3 Å². The zero-order chi connectivity index (χ0) is 16.1. The highest BCUT2D eigenvalue weighted by Gasteiger charge is 2.46. The number of hydrogen-bond donors (Lipinski definition) is 0. The van der Waals surface area contributed by atoms with Gasteiger partial charge in [-0.05, 0) is 12.0 Å². The van der Waals surface area contributed by atoms with Crippen LogP contribution in [0.3, 0.4) is 0 Å². The van der Waals surface area contributed by atoms with Gasteiger partial charge in [0.05, 0.1) is 12.7 Å². The van der Waals surface area contributed by atoms with Crippen molar-refractivity contribution in [2.75, 3.05) is 0 Å². The second-order valence-corrected chi connectivity index (χ2v) is 5.63. The molecule has 1 saturated heterocycles. The Bertz CT molecular complexity index is 479. The van der Waals surface area contributed by atoms with Crippen molar-refractivity contribution in [3.05, 3.63) is 35.9 Å². The summed E-state index contributed by atoms with van der Waals surface area (Å²) in [5, 5.41) is 0. The van der Waals surface area contributed by atoms with E-state index in [2.05, 4.69) is 0 Å². The lowest BCUT2D eigenvalue weighted by Gasteiger charge is -2.41. The van der Waals surface area contributed by atoms with E-state index in [-0.39, 0.29) is 12.0 Å². The topological polar surface area (TPSA) is 44.8 Å². The average Bonchev–Trinajstić information content (AvgIpc) is 2.50. The monoisotopic (exact) mass is 310 g/mol. The fourth-order valence-electron chi connectivity index (χ4n) is 2.76. The van der Waals surface area contributed by atoms with Crippen LogP contribution in [0.2, 0.25) is 0 Å². The molecule has 122 valence electrons. The molecule has 0 aliphatic carbocycles. The highest BCUT2D eigenvalue weighted by molar-refractivity contribution is 5.66. The summed E-state index contributed by atoms with van der Waals surface area (Å²) in [6.45, 7) is 5.42. The quantitative estimate of drug-likeness (QED) is 0.783. The highest BCUT2D eigenvalue weighted by Crippen LogP contribution is 2.32. The maximum Gasteiger partial charge on any atom is 0.305 e. The Morgan fingerprint density at radius 1 is 1.32 bits per heavy atom. The number of hydrogen-bond acceptors (Lipinski definition) is 4. The van der Waals surface area contributed by atoms with Crippen LogP contribution in [-0.4, -0.2) is 30.6 Å². The molecule has 0 radical (unpaired) electrons. The lowest BCUT2D eigenvalue weighted by molar-refractivity contribution is -0.267. The predicted molar refractivity (Wildman–Crippen MR) is 79.8 cm³/mol. The van der Waals surface area contributed by atoms with Crippen LogP contribution in [0.25, 0.3) is 0 Å². The van der Waals surface area contributed by atoms with E-state index >= 15 is 0 Å². The molecule has 5 atom stereocenters. The van der Waals surface area contributed by atoms with E-state index in [0.717, 1.165) is 5.56 Å². The molecule has 0 N–H and O–H groups in total. The molecule has 1 aromatic carbocycles. The van der Waals surface area contributed by atoms with Gasteiger partial charge in [-0.1, -0.05) is 44.2 Å². The second kappa shape index (κ2) is 7.70. The molecule has 4 nitrogen and oxygen atoms in total. The molecule has 0 saturated carbocycles. The first-order chi connectivity index (χ1) is 10.5. The molecule has 1 fully saturated rings. The summed E-state index contributed by atoms with van der Waals surface area (Å²) < 4.78 is 30.9. The Morgan fingerprint density at radius 3 is 2.59 bits per heavy atom. The zero-order valence-electron chi connectivity index (χ0n) is 13.2. The summed E-state index contributed by atoms with van der Waals surface area (Å²) in [6, 6.07) is 9.60. The van der Waals surface area contributed by atoms with Crippen molar-refractivity contribution in [2.45, 2.75) is 58.5 Å². The summed E-state index contributed by atoms with van der Waals surface area (Å²) in [4.78, 5) is 11.1. The smallest absolute Gasteiger partial charge is 0.305 e. The van der Waals surface area contributed by atoms with Crippen LogP contribution in [-0.2, 0) is 25.6 Å². The Labute approximate surface area is 130 Å². The van der Waals surface area contributed by atoms with E-state index in [4.69, 9.17) is 14.2 Å². The summed E-state index contributed by atoms with van der Waals surface area (Å²) >= 11 is 0. The maximum absolute atomic E-state index is 14.6. The number of benzene rings is 1. The number of ether oxygens (including phenoxy) is 3. The van der Waals surface area contributed by atoms with Crippen molar-refractivity contribution >= 4 is 5.97 Å². The molecular weight excluding hydrogens is 287 g/mol. The third-order valence-corrected chi connectivity index (χ3v) is 3.96. The molecule has 1 aliphatic heterocycles. The summed E-state index contributed by atoms with van der Waals surface area (Å²) in [7, 11) is 0. The molecule has 2 rings (SSSR count). The molecule has 2 unspecified atom stereocenters. The van der Waals surface area contributed by atoms with Gasteiger partial charge in [0, 0.05) is 12.8 Å². The van der Waals surface area contributed by atoms with Crippen LogP contribution in [0.1, 0.15) is 32.8 Å². The average molecular weight is 310 g/mol. The molecule has 0 amide bonds. The number of halogens is 1. The van der Waals surface area contributed by atoms with Gasteiger partial charge in [0.1, 0.15) is 6.10 Å². The van der Waals surface area contributed by atoms with Gasteiger partial charge in [-0.25, -0.2) is 4.39 Å². The third kappa shape index (κ3) is 4.05. The summed E-state index contributed by atoms with van der Waals surface area (Å²) in [5.74, 6) is -0.672. The molecule has 22 heavy (non-hydrogen) atoms. The Kier molecular flexibility index (Phi) is 5.91. The van der Waals surface area contributed by atoms with E-state index in [1.165, 1.54) is 6.92 Å².